The van der Waals surface area contributed by atoms with Crippen molar-refractivity contribution >= 4 is 5.69 Å². The maximum atomic E-state index is 12.5. The summed E-state index contributed by atoms with van der Waals surface area (Å²) in [6.07, 6.45) is -3.91. The predicted octanol–water partition coefficient (Wildman–Crippen LogP) is 3.40. The summed E-state index contributed by atoms with van der Waals surface area (Å²) in [4.78, 5) is 0. The van der Waals surface area contributed by atoms with Crippen LogP contribution in [0.3, 0.4) is 0 Å². The molecule has 1 rings (SSSR count). The molecule has 0 fully saturated rings. The fourth-order valence-electron chi connectivity index (χ4n) is 1.39. The van der Waals surface area contributed by atoms with Crippen molar-refractivity contribution in [3.8, 4) is 17.9 Å². The highest BCUT2D eigenvalue weighted by Gasteiger charge is 2.33. The molecule has 18 heavy (non-hydrogen) atoms. The van der Waals surface area contributed by atoms with E-state index in [9.17, 15) is 13.2 Å². The number of nitriles is 1. The third kappa shape index (κ3) is 3.71. The molecular formula is C13H11F3N2. The third-order valence-electron chi connectivity index (χ3n) is 2.20. The van der Waals surface area contributed by atoms with Crippen LogP contribution in [0.4, 0.5) is 18.9 Å². The van der Waals surface area contributed by atoms with Crippen LogP contribution in [0.25, 0.3) is 0 Å². The summed E-state index contributed by atoms with van der Waals surface area (Å²) in [5.41, 5.74) is -0.810. The zero-order valence-electron chi connectivity index (χ0n) is 9.73. The highest BCUT2D eigenvalue weighted by Crippen LogP contribution is 2.32. The van der Waals surface area contributed by atoms with E-state index in [1.807, 2.05) is 0 Å². The molecule has 1 aromatic carbocycles. The molecule has 94 valence electrons. The van der Waals surface area contributed by atoms with Crippen LogP contribution in [0.5, 0.6) is 0 Å². The monoisotopic (exact) mass is 252 g/mol. The maximum Gasteiger partial charge on any atom is 0.417 e. The molecule has 0 spiro atoms. The Hall–Kier alpha value is -2.14. The van der Waals surface area contributed by atoms with Gasteiger partial charge in [-0.2, -0.15) is 18.4 Å². The Morgan fingerprint density at radius 2 is 2.06 bits per heavy atom. The lowest BCUT2D eigenvalue weighted by molar-refractivity contribution is -0.137. The highest BCUT2D eigenvalue weighted by atomic mass is 19.4. The summed E-state index contributed by atoms with van der Waals surface area (Å²) >= 11 is 0. The normalized spacial score (nSPS) is 10.2. The minimum absolute atomic E-state index is 0.380. The van der Waals surface area contributed by atoms with Gasteiger partial charge in [0.1, 0.15) is 0 Å². The Labute approximate surface area is 103 Å². The minimum atomic E-state index is -4.50. The van der Waals surface area contributed by atoms with Gasteiger partial charge in [0.2, 0.25) is 0 Å². The Bertz CT molecular complexity index is 516. The number of alkyl halides is 3. The molecule has 1 N–H and O–H groups in total. The van der Waals surface area contributed by atoms with E-state index in [0.717, 1.165) is 6.07 Å². The smallest absolute Gasteiger partial charge is 0.384 e. The second-order valence-corrected chi connectivity index (χ2v) is 3.47. The molecule has 0 aliphatic carbocycles. The largest absolute Gasteiger partial charge is 0.417 e. The molecule has 0 aromatic heterocycles. The van der Waals surface area contributed by atoms with E-state index < -0.39 is 11.7 Å². The van der Waals surface area contributed by atoms with E-state index in [1.165, 1.54) is 12.1 Å². The van der Waals surface area contributed by atoms with Gasteiger partial charge < -0.3 is 5.32 Å². The molecule has 0 saturated carbocycles. The molecule has 5 heteroatoms. The standard InChI is InChI=1S/C13H11F3N2/c1-2-3-4-7-18-11-5-6-12(13(14,15)16)10(8-11)9-17/h5-6,8,18H,4,7H2,1H3. The summed E-state index contributed by atoms with van der Waals surface area (Å²) in [5, 5.41) is 11.6. The molecule has 0 bridgehead atoms. The number of rotatable bonds is 3. The zero-order valence-corrected chi connectivity index (χ0v) is 9.73. The lowest BCUT2D eigenvalue weighted by Gasteiger charge is -2.10. The molecule has 2 nitrogen and oxygen atoms in total. The average Bonchev–Trinajstić information content (AvgIpc) is 2.33. The molecule has 0 heterocycles. The summed E-state index contributed by atoms with van der Waals surface area (Å²) < 4.78 is 37.6. The fraction of sp³-hybridized carbons (Fsp3) is 0.308. The summed E-state index contributed by atoms with van der Waals surface area (Å²) in [6, 6.07) is 4.97. The van der Waals surface area contributed by atoms with Gasteiger partial charge in [-0.3, -0.25) is 0 Å². The number of nitrogens with zero attached hydrogens (tertiary/aromatic N) is 1. The van der Waals surface area contributed by atoms with Crippen LogP contribution in [0.2, 0.25) is 0 Å². The van der Waals surface area contributed by atoms with Gasteiger partial charge in [0.15, 0.2) is 0 Å². The first-order chi connectivity index (χ1) is 8.49. The van der Waals surface area contributed by atoms with Gasteiger partial charge in [-0.1, -0.05) is 0 Å². The summed E-state index contributed by atoms with van der Waals surface area (Å²) in [6.45, 7) is 2.24. The number of halogens is 3. The Morgan fingerprint density at radius 3 is 2.61 bits per heavy atom. The second-order valence-electron chi connectivity index (χ2n) is 3.47. The van der Waals surface area contributed by atoms with Crippen molar-refractivity contribution in [1.29, 1.82) is 5.26 Å². The lowest BCUT2D eigenvalue weighted by Crippen LogP contribution is -2.09. The number of benzene rings is 1. The average molecular weight is 252 g/mol. The topological polar surface area (TPSA) is 35.8 Å². The SMILES string of the molecule is CC#CCCNc1ccc(C(F)(F)F)c(C#N)c1. The van der Waals surface area contributed by atoms with Gasteiger partial charge in [-0.25, -0.2) is 0 Å². The van der Waals surface area contributed by atoms with Crippen LogP contribution < -0.4 is 5.32 Å². The van der Waals surface area contributed by atoms with Crippen LogP contribution in [-0.4, -0.2) is 6.54 Å². The van der Waals surface area contributed by atoms with Gasteiger partial charge in [0.25, 0.3) is 0 Å². The molecule has 0 saturated heterocycles. The molecule has 0 aliphatic rings. The van der Waals surface area contributed by atoms with Crippen molar-refractivity contribution in [1.82, 2.24) is 0 Å². The van der Waals surface area contributed by atoms with Crippen molar-refractivity contribution in [2.24, 2.45) is 0 Å². The third-order valence-corrected chi connectivity index (χ3v) is 2.20. The van der Waals surface area contributed by atoms with E-state index in [-0.39, 0.29) is 5.56 Å². The quantitative estimate of drug-likeness (QED) is 0.661. The first-order valence-electron chi connectivity index (χ1n) is 5.24. The van der Waals surface area contributed by atoms with Crippen LogP contribution in [0.1, 0.15) is 24.5 Å². The van der Waals surface area contributed by atoms with E-state index in [4.69, 9.17) is 5.26 Å². The van der Waals surface area contributed by atoms with Gasteiger partial charge in [0.05, 0.1) is 17.2 Å². The summed E-state index contributed by atoms with van der Waals surface area (Å²) in [7, 11) is 0. The Morgan fingerprint density at radius 1 is 1.33 bits per heavy atom. The molecule has 0 aliphatic heterocycles. The number of nitrogens with one attached hydrogen (secondary N) is 1. The van der Waals surface area contributed by atoms with Crippen molar-refractivity contribution < 1.29 is 13.2 Å². The van der Waals surface area contributed by atoms with Gasteiger partial charge in [0, 0.05) is 18.7 Å². The van der Waals surface area contributed by atoms with Crippen molar-refractivity contribution in [3.63, 3.8) is 0 Å². The molecule has 0 unspecified atom stereocenters. The van der Waals surface area contributed by atoms with Crippen LogP contribution in [-0.2, 0) is 6.18 Å². The predicted molar refractivity (Wildman–Crippen MR) is 62.7 cm³/mol. The maximum absolute atomic E-state index is 12.5. The molecule has 1 aromatic rings. The van der Waals surface area contributed by atoms with Crippen molar-refractivity contribution in [2.45, 2.75) is 19.5 Å². The lowest BCUT2D eigenvalue weighted by atomic mass is 10.1. The van der Waals surface area contributed by atoms with Gasteiger partial charge >= 0.3 is 6.18 Å². The van der Waals surface area contributed by atoms with Crippen LogP contribution in [0, 0.1) is 23.2 Å². The molecule has 0 radical (unpaired) electrons. The van der Waals surface area contributed by atoms with E-state index in [0.29, 0.717) is 18.7 Å². The zero-order chi connectivity index (χ0) is 13.6. The molecule has 0 amide bonds. The van der Waals surface area contributed by atoms with Crippen molar-refractivity contribution in [2.75, 3.05) is 11.9 Å². The van der Waals surface area contributed by atoms with Crippen LogP contribution in [0.15, 0.2) is 18.2 Å². The summed E-state index contributed by atoms with van der Waals surface area (Å²) in [5.74, 6) is 5.54. The number of hydrogen-bond donors (Lipinski definition) is 1. The first-order valence-corrected chi connectivity index (χ1v) is 5.24. The fourth-order valence-corrected chi connectivity index (χ4v) is 1.39. The van der Waals surface area contributed by atoms with Crippen molar-refractivity contribution in [3.05, 3.63) is 29.3 Å². The highest BCUT2D eigenvalue weighted by molar-refractivity contribution is 5.53. The van der Waals surface area contributed by atoms with Gasteiger partial charge in [-0.05, 0) is 25.1 Å². The first kappa shape index (κ1) is 13.9. The Kier molecular flexibility index (Phi) is 4.62. The van der Waals surface area contributed by atoms with E-state index in [2.05, 4.69) is 17.2 Å². The van der Waals surface area contributed by atoms with E-state index in [1.54, 1.807) is 13.0 Å². The molecular weight excluding hydrogens is 241 g/mol. The Balaban J connectivity index is 2.86. The minimum Gasteiger partial charge on any atom is -0.384 e. The van der Waals surface area contributed by atoms with Crippen LogP contribution >= 0.6 is 0 Å². The second kappa shape index (κ2) is 5.97. The van der Waals surface area contributed by atoms with Gasteiger partial charge in [-0.15, -0.1) is 11.8 Å². The number of anilines is 1. The number of hydrogen-bond acceptors (Lipinski definition) is 2. The molecule has 0 atom stereocenters. The van der Waals surface area contributed by atoms with E-state index >= 15 is 0 Å².